The van der Waals surface area contributed by atoms with Crippen LogP contribution in [0.15, 0.2) is 66.7 Å². The fraction of sp³-hybridized carbons (Fsp3) is 0.179. The van der Waals surface area contributed by atoms with Gasteiger partial charge in [0.2, 0.25) is 5.95 Å². The van der Waals surface area contributed by atoms with Crippen LogP contribution in [0.4, 0.5) is 16.2 Å². The van der Waals surface area contributed by atoms with E-state index in [9.17, 15) is 4.39 Å². The zero-order valence-corrected chi connectivity index (χ0v) is 22.9. The number of nitrogens with two attached hydrogens (primary N) is 1. The summed E-state index contributed by atoms with van der Waals surface area (Å²) in [7, 11) is 0. The highest BCUT2D eigenvalue weighted by Crippen LogP contribution is 2.34. The van der Waals surface area contributed by atoms with Crippen molar-refractivity contribution in [3.63, 3.8) is 0 Å². The molecule has 11 heteroatoms. The molecule has 39 heavy (non-hydrogen) atoms. The van der Waals surface area contributed by atoms with E-state index >= 15 is 0 Å². The van der Waals surface area contributed by atoms with Crippen LogP contribution in [0.2, 0.25) is 15.1 Å². The van der Waals surface area contributed by atoms with Crippen LogP contribution in [0, 0.1) is 5.82 Å². The van der Waals surface area contributed by atoms with E-state index in [0.717, 1.165) is 29.9 Å². The minimum absolute atomic E-state index is 0.330. The Balaban J connectivity index is 1.35. The number of nitrogen functional groups attached to an aromatic ring is 1. The lowest BCUT2D eigenvalue weighted by Gasteiger charge is -2.35. The summed E-state index contributed by atoms with van der Waals surface area (Å²) in [5.74, 6) is 0.599. The summed E-state index contributed by atoms with van der Waals surface area (Å²) in [6.45, 7) is 3.61. The third kappa shape index (κ3) is 5.13. The molecule has 0 amide bonds. The number of piperazine rings is 1. The first-order valence-corrected chi connectivity index (χ1v) is 13.5. The second kappa shape index (κ2) is 10.6. The third-order valence-electron chi connectivity index (χ3n) is 6.84. The molecule has 0 atom stereocenters. The van der Waals surface area contributed by atoms with Crippen LogP contribution in [-0.2, 0) is 6.54 Å². The van der Waals surface area contributed by atoms with Crippen LogP contribution in [0.3, 0.4) is 0 Å². The van der Waals surface area contributed by atoms with Crippen LogP contribution in [-0.4, -0.2) is 50.8 Å². The number of nitrogens with zero attached hydrogens (tertiary/aromatic N) is 6. The van der Waals surface area contributed by atoms with Crippen LogP contribution in [0.5, 0.6) is 0 Å². The van der Waals surface area contributed by atoms with E-state index in [4.69, 9.17) is 55.6 Å². The Morgan fingerprint density at radius 1 is 0.821 bits per heavy atom. The van der Waals surface area contributed by atoms with Crippen molar-refractivity contribution >= 4 is 57.6 Å². The normalized spacial score (nSPS) is 14.3. The first-order chi connectivity index (χ1) is 18.9. The summed E-state index contributed by atoms with van der Waals surface area (Å²) in [6, 6.07) is 19.0. The van der Waals surface area contributed by atoms with Crippen LogP contribution < -0.4 is 10.6 Å². The molecular formula is C28H23Cl3FN7. The van der Waals surface area contributed by atoms with E-state index in [1.54, 1.807) is 28.9 Å². The maximum atomic E-state index is 13.8. The maximum Gasteiger partial charge on any atom is 0.228 e. The number of aromatic nitrogens is 4. The molecule has 1 aliphatic rings. The highest BCUT2D eigenvalue weighted by molar-refractivity contribution is 6.36. The van der Waals surface area contributed by atoms with Crippen molar-refractivity contribution in [2.75, 3.05) is 36.8 Å². The van der Waals surface area contributed by atoms with E-state index in [-0.39, 0.29) is 5.82 Å². The lowest BCUT2D eigenvalue weighted by molar-refractivity contribution is 0.249. The molecule has 1 aliphatic heterocycles. The van der Waals surface area contributed by atoms with Gasteiger partial charge in [-0.3, -0.25) is 4.90 Å². The SMILES string of the molecule is Nc1c2c(-c3ccc(F)cc3)nc(N3CCN(Cc4c(Cl)cccc4Cl)CC3)nc2nn1-c1ccc(Cl)cc1. The van der Waals surface area contributed by atoms with Crippen LogP contribution in [0.25, 0.3) is 28.0 Å². The quantitative estimate of drug-likeness (QED) is 0.255. The monoisotopic (exact) mass is 581 g/mol. The predicted octanol–water partition coefficient (Wildman–Crippen LogP) is 6.49. The Morgan fingerprint density at radius 3 is 2.15 bits per heavy atom. The van der Waals surface area contributed by atoms with Gasteiger partial charge in [-0.2, -0.15) is 4.98 Å². The average molecular weight is 583 g/mol. The van der Waals surface area contributed by atoms with Crippen molar-refractivity contribution in [2.24, 2.45) is 0 Å². The highest BCUT2D eigenvalue weighted by Gasteiger charge is 2.25. The first kappa shape index (κ1) is 25.8. The molecule has 7 nitrogen and oxygen atoms in total. The molecule has 1 fully saturated rings. The van der Waals surface area contributed by atoms with Gasteiger partial charge in [0, 0.05) is 58.9 Å². The van der Waals surface area contributed by atoms with Gasteiger partial charge < -0.3 is 10.6 Å². The molecule has 0 unspecified atom stereocenters. The average Bonchev–Trinajstić information content (AvgIpc) is 3.28. The van der Waals surface area contributed by atoms with E-state index in [2.05, 4.69) is 9.80 Å². The van der Waals surface area contributed by atoms with Gasteiger partial charge in [-0.15, -0.1) is 5.10 Å². The van der Waals surface area contributed by atoms with E-state index in [1.807, 2.05) is 30.3 Å². The molecule has 6 rings (SSSR count). The summed E-state index contributed by atoms with van der Waals surface area (Å²) in [4.78, 5) is 14.1. The summed E-state index contributed by atoms with van der Waals surface area (Å²) < 4.78 is 15.4. The minimum Gasteiger partial charge on any atom is -0.383 e. The second-order valence-electron chi connectivity index (χ2n) is 9.31. The zero-order chi connectivity index (χ0) is 27.1. The number of halogens is 4. The molecule has 0 saturated carbocycles. The smallest absolute Gasteiger partial charge is 0.228 e. The van der Waals surface area contributed by atoms with Crippen molar-refractivity contribution in [1.29, 1.82) is 0 Å². The molecule has 1 saturated heterocycles. The van der Waals surface area contributed by atoms with Crippen molar-refractivity contribution in [3.8, 4) is 16.9 Å². The van der Waals surface area contributed by atoms with E-state index in [1.165, 1.54) is 12.1 Å². The van der Waals surface area contributed by atoms with Gasteiger partial charge in [-0.1, -0.05) is 40.9 Å². The van der Waals surface area contributed by atoms with Gasteiger partial charge in [-0.05, 0) is 60.7 Å². The molecule has 0 radical (unpaired) electrons. The van der Waals surface area contributed by atoms with Gasteiger partial charge in [-0.25, -0.2) is 14.1 Å². The number of rotatable bonds is 5. The van der Waals surface area contributed by atoms with Gasteiger partial charge in [0.25, 0.3) is 0 Å². The Morgan fingerprint density at radius 2 is 1.49 bits per heavy atom. The van der Waals surface area contributed by atoms with E-state index < -0.39 is 0 Å². The largest absolute Gasteiger partial charge is 0.383 e. The lowest BCUT2D eigenvalue weighted by atomic mass is 10.1. The zero-order valence-electron chi connectivity index (χ0n) is 20.7. The number of fused-ring (bicyclic) bond motifs is 1. The summed E-state index contributed by atoms with van der Waals surface area (Å²) >= 11 is 18.9. The molecule has 3 aromatic carbocycles. The Bertz CT molecular complexity index is 1630. The summed E-state index contributed by atoms with van der Waals surface area (Å²) in [6.07, 6.45) is 0. The number of benzene rings is 3. The maximum absolute atomic E-state index is 13.8. The molecule has 2 aromatic heterocycles. The van der Waals surface area contributed by atoms with Crippen molar-refractivity contribution < 1.29 is 4.39 Å². The van der Waals surface area contributed by atoms with Gasteiger partial charge >= 0.3 is 0 Å². The Kier molecular flexibility index (Phi) is 7.03. The molecule has 198 valence electrons. The lowest BCUT2D eigenvalue weighted by Crippen LogP contribution is -2.46. The number of hydrogen-bond acceptors (Lipinski definition) is 6. The standard InChI is InChI=1S/C28H23Cl3FN7/c29-18-6-10-20(11-7-18)39-26(33)24-25(17-4-8-19(32)9-5-17)34-28(35-27(24)36-39)38-14-12-37(13-15-38)16-21-22(30)2-1-3-23(21)31/h1-11H,12-16,33H2. The number of anilines is 2. The fourth-order valence-electron chi connectivity index (χ4n) is 4.75. The topological polar surface area (TPSA) is 76.1 Å². The molecule has 5 aromatic rings. The summed E-state index contributed by atoms with van der Waals surface area (Å²) in [5, 5.41) is 7.26. The van der Waals surface area contributed by atoms with Crippen LogP contribution >= 0.6 is 34.8 Å². The second-order valence-corrected chi connectivity index (χ2v) is 10.6. The van der Waals surface area contributed by atoms with Crippen molar-refractivity contribution in [2.45, 2.75) is 6.54 Å². The summed E-state index contributed by atoms with van der Waals surface area (Å²) in [5.41, 5.74) is 10.0. The van der Waals surface area contributed by atoms with Crippen LogP contribution in [0.1, 0.15) is 5.56 Å². The molecular weight excluding hydrogens is 560 g/mol. The molecule has 2 N–H and O–H groups in total. The minimum atomic E-state index is -0.330. The van der Waals surface area contributed by atoms with Gasteiger partial charge in [0.05, 0.1) is 16.8 Å². The Labute approximate surface area is 239 Å². The highest BCUT2D eigenvalue weighted by atomic mass is 35.5. The third-order valence-corrected chi connectivity index (χ3v) is 7.80. The van der Waals surface area contributed by atoms with Gasteiger partial charge in [0.1, 0.15) is 11.6 Å². The Hall–Kier alpha value is -3.43. The molecule has 0 bridgehead atoms. The molecule has 3 heterocycles. The molecule has 0 spiro atoms. The van der Waals surface area contributed by atoms with Crippen molar-refractivity contribution in [3.05, 3.63) is 93.2 Å². The predicted molar refractivity (Wildman–Crippen MR) is 155 cm³/mol. The fourth-order valence-corrected chi connectivity index (χ4v) is 5.39. The van der Waals surface area contributed by atoms with E-state index in [0.29, 0.717) is 63.2 Å². The first-order valence-electron chi connectivity index (χ1n) is 12.4. The molecule has 0 aliphatic carbocycles. The van der Waals surface area contributed by atoms with Crippen molar-refractivity contribution in [1.82, 2.24) is 24.6 Å². The van der Waals surface area contributed by atoms with Gasteiger partial charge in [0.15, 0.2) is 5.65 Å². The number of hydrogen-bond donors (Lipinski definition) is 1.